The number of esters is 1. The number of carbonyl (C=O) groups excluding carboxylic acids is 1. The summed E-state index contributed by atoms with van der Waals surface area (Å²) in [5.74, 6) is 1.44. The van der Waals surface area contributed by atoms with E-state index in [2.05, 4.69) is 29.6 Å². The van der Waals surface area contributed by atoms with Crippen molar-refractivity contribution in [2.24, 2.45) is 5.92 Å². The third-order valence-electron chi connectivity index (χ3n) is 5.35. The van der Waals surface area contributed by atoms with Crippen LogP contribution < -0.4 is 10.1 Å². The summed E-state index contributed by atoms with van der Waals surface area (Å²) in [6, 6.07) is 14.2. The number of hydrogen-bond acceptors (Lipinski definition) is 4. The first-order chi connectivity index (χ1) is 12.7. The smallest absolute Gasteiger partial charge is 0.337 e. The minimum atomic E-state index is -0.308. The van der Waals surface area contributed by atoms with Crippen LogP contribution in [0.2, 0.25) is 0 Å². The van der Waals surface area contributed by atoms with Crippen molar-refractivity contribution >= 4 is 11.7 Å². The van der Waals surface area contributed by atoms with E-state index < -0.39 is 0 Å². The van der Waals surface area contributed by atoms with Crippen molar-refractivity contribution in [1.29, 1.82) is 0 Å². The fraction of sp³-hybridized carbons (Fsp3) is 0.318. The molecule has 2 aromatic rings. The highest BCUT2D eigenvalue weighted by Gasteiger charge is 2.38. The molecular formula is C22H23NO3. The zero-order chi connectivity index (χ0) is 18.1. The van der Waals surface area contributed by atoms with Crippen molar-refractivity contribution in [2.45, 2.75) is 25.3 Å². The molecule has 0 fully saturated rings. The number of methoxy groups -OCH3 is 1. The number of nitrogens with one attached hydrogen (secondary N) is 1. The number of hydrogen-bond donors (Lipinski definition) is 1. The van der Waals surface area contributed by atoms with Gasteiger partial charge in [-0.1, -0.05) is 36.4 Å². The minimum absolute atomic E-state index is 0.177. The molecule has 0 bridgehead atoms. The third kappa shape index (κ3) is 2.75. The van der Waals surface area contributed by atoms with Crippen LogP contribution in [0.3, 0.4) is 0 Å². The van der Waals surface area contributed by atoms with Crippen molar-refractivity contribution in [3.8, 4) is 5.75 Å². The molecule has 26 heavy (non-hydrogen) atoms. The molecule has 1 aliphatic heterocycles. The minimum Gasteiger partial charge on any atom is -0.492 e. The molecule has 1 aliphatic carbocycles. The Hall–Kier alpha value is -2.75. The normalized spacial score (nSPS) is 22.9. The number of fused-ring (bicyclic) bond motifs is 3. The van der Waals surface area contributed by atoms with Crippen LogP contribution in [0.15, 0.2) is 54.6 Å². The summed E-state index contributed by atoms with van der Waals surface area (Å²) in [5, 5.41) is 3.72. The van der Waals surface area contributed by atoms with Gasteiger partial charge in [0.1, 0.15) is 5.75 Å². The Morgan fingerprint density at radius 2 is 2.00 bits per heavy atom. The second-order valence-electron chi connectivity index (χ2n) is 6.74. The second-order valence-corrected chi connectivity index (χ2v) is 6.74. The first kappa shape index (κ1) is 16.7. The van der Waals surface area contributed by atoms with E-state index in [1.165, 1.54) is 18.2 Å². The van der Waals surface area contributed by atoms with Crippen LogP contribution in [0.4, 0.5) is 5.69 Å². The number of anilines is 1. The third-order valence-corrected chi connectivity index (χ3v) is 5.35. The molecular weight excluding hydrogens is 326 g/mol. The van der Waals surface area contributed by atoms with Gasteiger partial charge in [0, 0.05) is 5.92 Å². The molecule has 3 atom stereocenters. The largest absolute Gasteiger partial charge is 0.492 e. The number of benzene rings is 2. The van der Waals surface area contributed by atoms with Crippen LogP contribution in [0.1, 0.15) is 46.8 Å². The molecule has 134 valence electrons. The first-order valence-corrected chi connectivity index (χ1v) is 9.10. The Morgan fingerprint density at radius 1 is 1.19 bits per heavy atom. The van der Waals surface area contributed by atoms with Crippen LogP contribution in [0.25, 0.3) is 0 Å². The lowest BCUT2D eigenvalue weighted by Crippen LogP contribution is -2.29. The quantitative estimate of drug-likeness (QED) is 0.642. The molecule has 0 unspecified atom stereocenters. The highest BCUT2D eigenvalue weighted by molar-refractivity contribution is 5.89. The van der Waals surface area contributed by atoms with E-state index in [1.807, 2.05) is 37.3 Å². The Bertz CT molecular complexity index is 841. The van der Waals surface area contributed by atoms with E-state index in [4.69, 9.17) is 9.47 Å². The summed E-state index contributed by atoms with van der Waals surface area (Å²) >= 11 is 0. The number of rotatable bonds is 4. The Kier molecular flexibility index (Phi) is 4.41. The van der Waals surface area contributed by atoms with Crippen LogP contribution in [0, 0.1) is 5.92 Å². The Labute approximate surface area is 153 Å². The van der Waals surface area contributed by atoms with Crippen molar-refractivity contribution in [3.05, 3.63) is 71.3 Å². The van der Waals surface area contributed by atoms with E-state index >= 15 is 0 Å². The maximum absolute atomic E-state index is 11.7. The molecule has 1 heterocycles. The molecule has 0 radical (unpaired) electrons. The van der Waals surface area contributed by atoms with Gasteiger partial charge in [0.2, 0.25) is 0 Å². The summed E-state index contributed by atoms with van der Waals surface area (Å²) in [6.45, 7) is 2.64. The van der Waals surface area contributed by atoms with E-state index in [-0.39, 0.29) is 12.0 Å². The summed E-state index contributed by atoms with van der Waals surface area (Å²) < 4.78 is 10.7. The maximum atomic E-state index is 11.7. The van der Waals surface area contributed by atoms with Crippen LogP contribution in [-0.4, -0.2) is 19.7 Å². The molecule has 0 saturated heterocycles. The molecule has 1 N–H and O–H groups in total. The van der Waals surface area contributed by atoms with Crippen molar-refractivity contribution in [2.75, 3.05) is 19.0 Å². The van der Waals surface area contributed by atoms with E-state index in [1.54, 1.807) is 0 Å². The molecule has 4 nitrogen and oxygen atoms in total. The summed E-state index contributed by atoms with van der Waals surface area (Å²) in [4.78, 5) is 11.7. The number of allylic oxidation sites excluding steroid dienone is 2. The first-order valence-electron chi connectivity index (χ1n) is 9.10. The van der Waals surface area contributed by atoms with Gasteiger partial charge in [-0.3, -0.25) is 0 Å². The van der Waals surface area contributed by atoms with Gasteiger partial charge >= 0.3 is 5.97 Å². The number of ether oxygens (including phenoxy) is 2. The van der Waals surface area contributed by atoms with Crippen molar-refractivity contribution in [1.82, 2.24) is 0 Å². The van der Waals surface area contributed by atoms with Crippen molar-refractivity contribution < 1.29 is 14.3 Å². The molecule has 0 amide bonds. The highest BCUT2D eigenvalue weighted by Crippen LogP contribution is 2.52. The van der Waals surface area contributed by atoms with E-state index in [0.717, 1.165) is 17.9 Å². The van der Waals surface area contributed by atoms with Gasteiger partial charge in [-0.05, 0) is 48.6 Å². The predicted molar refractivity (Wildman–Crippen MR) is 102 cm³/mol. The van der Waals surface area contributed by atoms with Gasteiger partial charge in [-0.15, -0.1) is 0 Å². The van der Waals surface area contributed by atoms with Gasteiger partial charge in [-0.25, -0.2) is 4.79 Å². The topological polar surface area (TPSA) is 47.6 Å². The summed E-state index contributed by atoms with van der Waals surface area (Å²) in [7, 11) is 1.40. The van der Waals surface area contributed by atoms with Crippen LogP contribution >= 0.6 is 0 Å². The predicted octanol–water partition coefficient (Wildman–Crippen LogP) is 4.70. The zero-order valence-electron chi connectivity index (χ0n) is 15.1. The molecule has 2 aliphatic rings. The van der Waals surface area contributed by atoms with Gasteiger partial charge < -0.3 is 14.8 Å². The summed E-state index contributed by atoms with van der Waals surface area (Å²) in [5.41, 5.74) is 4.14. The van der Waals surface area contributed by atoms with E-state index in [9.17, 15) is 4.79 Å². The molecule has 0 aromatic heterocycles. The SMILES string of the molecule is CCOc1cccc2c1N[C@H](c1ccc(C(=O)OC)cc1)[C@H]1CC=C[C@H]21. The Balaban J connectivity index is 1.71. The number of carbonyl (C=O) groups is 1. The van der Waals surface area contributed by atoms with E-state index in [0.29, 0.717) is 24.0 Å². The van der Waals surface area contributed by atoms with Gasteiger partial charge in [0.15, 0.2) is 0 Å². The monoisotopic (exact) mass is 349 g/mol. The summed E-state index contributed by atoms with van der Waals surface area (Å²) in [6.07, 6.45) is 5.63. The fourth-order valence-electron chi connectivity index (χ4n) is 4.14. The second kappa shape index (κ2) is 6.87. The standard InChI is InChI=1S/C22H23NO3/c1-3-26-19-9-5-8-18-16-6-4-7-17(16)20(23-21(18)19)14-10-12-15(13-11-14)22(24)25-2/h4-6,8-13,16-17,20,23H,3,7H2,1-2H3/t16-,17-,20+/m0/s1. The molecule has 4 heteroatoms. The van der Waals surface area contributed by atoms with Crippen LogP contribution in [0.5, 0.6) is 5.75 Å². The molecule has 4 rings (SSSR count). The zero-order valence-corrected chi connectivity index (χ0v) is 15.1. The molecule has 2 aromatic carbocycles. The maximum Gasteiger partial charge on any atom is 0.337 e. The lowest BCUT2D eigenvalue weighted by Gasteiger charge is -2.38. The van der Waals surface area contributed by atoms with Gasteiger partial charge in [-0.2, -0.15) is 0 Å². The number of para-hydroxylation sites is 1. The van der Waals surface area contributed by atoms with Gasteiger partial charge in [0.05, 0.1) is 31.0 Å². The lowest BCUT2D eigenvalue weighted by atomic mass is 9.77. The highest BCUT2D eigenvalue weighted by atomic mass is 16.5. The molecule has 0 spiro atoms. The lowest BCUT2D eigenvalue weighted by molar-refractivity contribution is 0.0600. The average molecular weight is 349 g/mol. The van der Waals surface area contributed by atoms with Crippen LogP contribution in [-0.2, 0) is 4.74 Å². The van der Waals surface area contributed by atoms with Gasteiger partial charge in [0.25, 0.3) is 0 Å². The molecule has 0 saturated carbocycles. The fourth-order valence-corrected chi connectivity index (χ4v) is 4.14. The Morgan fingerprint density at radius 3 is 2.73 bits per heavy atom. The van der Waals surface area contributed by atoms with Crippen molar-refractivity contribution in [3.63, 3.8) is 0 Å². The average Bonchev–Trinajstić information content (AvgIpc) is 3.17.